The molecule has 2 rings (SSSR count). The SMILES string of the molecule is CCC1COC(C)CN1c1cc(CNCC(C)C)ccn1. The van der Waals surface area contributed by atoms with Gasteiger partial charge in [-0.25, -0.2) is 4.98 Å². The third-order valence-corrected chi connectivity index (χ3v) is 3.92. The van der Waals surface area contributed by atoms with Crippen molar-refractivity contribution in [1.82, 2.24) is 10.3 Å². The summed E-state index contributed by atoms with van der Waals surface area (Å²) in [6, 6.07) is 4.75. The van der Waals surface area contributed by atoms with Crippen molar-refractivity contribution in [1.29, 1.82) is 0 Å². The molecule has 2 atom stereocenters. The zero-order chi connectivity index (χ0) is 15.2. The van der Waals surface area contributed by atoms with Crippen LogP contribution in [-0.2, 0) is 11.3 Å². The number of aromatic nitrogens is 1. The first kappa shape index (κ1) is 16.2. The molecule has 0 aromatic carbocycles. The average molecular weight is 291 g/mol. The van der Waals surface area contributed by atoms with Gasteiger partial charge < -0.3 is 15.0 Å². The standard InChI is InChI=1S/C17H29N3O/c1-5-16-12-21-14(4)11-20(16)17-8-15(6-7-19-17)10-18-9-13(2)3/h6-8,13-14,16,18H,5,9-12H2,1-4H3. The quantitative estimate of drug-likeness (QED) is 0.874. The average Bonchev–Trinajstić information content (AvgIpc) is 2.47. The highest BCUT2D eigenvalue weighted by Crippen LogP contribution is 2.22. The summed E-state index contributed by atoms with van der Waals surface area (Å²) in [5.74, 6) is 1.76. The molecule has 1 aromatic rings. The van der Waals surface area contributed by atoms with Crippen molar-refractivity contribution in [3.8, 4) is 0 Å². The smallest absolute Gasteiger partial charge is 0.129 e. The van der Waals surface area contributed by atoms with Crippen molar-refractivity contribution in [2.24, 2.45) is 5.92 Å². The molecule has 1 aliphatic heterocycles. The lowest BCUT2D eigenvalue weighted by atomic mass is 10.1. The van der Waals surface area contributed by atoms with E-state index in [0.717, 1.165) is 38.5 Å². The number of hydrogen-bond acceptors (Lipinski definition) is 4. The molecule has 2 heterocycles. The van der Waals surface area contributed by atoms with Crippen LogP contribution < -0.4 is 10.2 Å². The second kappa shape index (κ2) is 7.76. The Kier molecular flexibility index (Phi) is 6.00. The lowest BCUT2D eigenvalue weighted by molar-refractivity contribution is 0.0296. The summed E-state index contributed by atoms with van der Waals surface area (Å²) in [6.45, 7) is 12.5. The van der Waals surface area contributed by atoms with Crippen molar-refractivity contribution < 1.29 is 4.74 Å². The van der Waals surface area contributed by atoms with E-state index in [1.54, 1.807) is 0 Å². The number of morpholine rings is 1. The van der Waals surface area contributed by atoms with E-state index in [1.807, 2.05) is 6.20 Å². The molecule has 0 bridgehead atoms. The van der Waals surface area contributed by atoms with Crippen LogP contribution in [0.1, 0.15) is 39.7 Å². The summed E-state index contributed by atoms with van der Waals surface area (Å²) in [4.78, 5) is 6.98. The number of hydrogen-bond donors (Lipinski definition) is 1. The van der Waals surface area contributed by atoms with E-state index in [2.05, 4.69) is 55.0 Å². The molecule has 0 radical (unpaired) electrons. The van der Waals surface area contributed by atoms with Crippen LogP contribution in [0.15, 0.2) is 18.3 Å². The van der Waals surface area contributed by atoms with Crippen molar-refractivity contribution in [2.75, 3.05) is 24.6 Å². The van der Waals surface area contributed by atoms with Gasteiger partial charge in [-0.15, -0.1) is 0 Å². The number of anilines is 1. The molecule has 1 fully saturated rings. The number of ether oxygens (including phenoxy) is 1. The zero-order valence-electron chi connectivity index (χ0n) is 13.8. The van der Waals surface area contributed by atoms with Crippen molar-refractivity contribution in [3.63, 3.8) is 0 Å². The molecular formula is C17H29N3O. The Bertz CT molecular complexity index is 436. The summed E-state index contributed by atoms with van der Waals surface area (Å²) in [6.07, 6.45) is 3.29. The van der Waals surface area contributed by atoms with Gasteiger partial charge in [-0.05, 0) is 43.5 Å². The van der Waals surface area contributed by atoms with Gasteiger partial charge in [0.15, 0.2) is 0 Å². The molecule has 0 spiro atoms. The van der Waals surface area contributed by atoms with Crippen LogP contribution in [-0.4, -0.2) is 36.8 Å². The Balaban J connectivity index is 2.04. The van der Waals surface area contributed by atoms with E-state index >= 15 is 0 Å². The van der Waals surface area contributed by atoms with Gasteiger partial charge >= 0.3 is 0 Å². The fourth-order valence-corrected chi connectivity index (χ4v) is 2.70. The number of nitrogens with zero attached hydrogens (tertiary/aromatic N) is 2. The molecule has 1 saturated heterocycles. The molecule has 118 valence electrons. The Labute approximate surface area is 128 Å². The summed E-state index contributed by atoms with van der Waals surface area (Å²) in [5.41, 5.74) is 1.30. The van der Waals surface area contributed by atoms with Gasteiger partial charge in [0.05, 0.1) is 18.8 Å². The molecular weight excluding hydrogens is 262 g/mol. The molecule has 0 aliphatic carbocycles. The molecule has 0 amide bonds. The Morgan fingerprint density at radius 3 is 3.00 bits per heavy atom. The van der Waals surface area contributed by atoms with Gasteiger partial charge in [0.1, 0.15) is 5.82 Å². The molecule has 4 nitrogen and oxygen atoms in total. The predicted octanol–water partition coefficient (Wildman–Crippen LogP) is 2.83. The van der Waals surface area contributed by atoms with Gasteiger partial charge in [0.2, 0.25) is 0 Å². The zero-order valence-corrected chi connectivity index (χ0v) is 13.8. The number of nitrogens with one attached hydrogen (secondary N) is 1. The highest BCUT2D eigenvalue weighted by atomic mass is 16.5. The van der Waals surface area contributed by atoms with Gasteiger partial charge in [-0.3, -0.25) is 0 Å². The highest BCUT2D eigenvalue weighted by molar-refractivity contribution is 5.43. The number of rotatable bonds is 6. The maximum atomic E-state index is 5.77. The van der Waals surface area contributed by atoms with Crippen molar-refractivity contribution in [2.45, 2.75) is 52.8 Å². The topological polar surface area (TPSA) is 37.4 Å². The first-order valence-corrected chi connectivity index (χ1v) is 8.14. The molecule has 2 unspecified atom stereocenters. The maximum absolute atomic E-state index is 5.77. The van der Waals surface area contributed by atoms with Crippen LogP contribution in [0.5, 0.6) is 0 Å². The van der Waals surface area contributed by atoms with E-state index in [-0.39, 0.29) is 6.10 Å². The number of pyridine rings is 1. The van der Waals surface area contributed by atoms with Gasteiger partial charge in [0.25, 0.3) is 0 Å². The molecule has 4 heteroatoms. The first-order chi connectivity index (χ1) is 10.1. The summed E-state index contributed by atoms with van der Waals surface area (Å²) < 4.78 is 5.77. The largest absolute Gasteiger partial charge is 0.375 e. The normalized spacial score (nSPS) is 22.8. The minimum atomic E-state index is 0.275. The lowest BCUT2D eigenvalue weighted by Crippen LogP contribution is -2.49. The summed E-state index contributed by atoms with van der Waals surface area (Å²) in [7, 11) is 0. The van der Waals surface area contributed by atoms with Crippen LogP contribution in [0.25, 0.3) is 0 Å². The highest BCUT2D eigenvalue weighted by Gasteiger charge is 2.26. The van der Waals surface area contributed by atoms with Crippen LogP contribution in [0.4, 0.5) is 5.82 Å². The van der Waals surface area contributed by atoms with E-state index < -0.39 is 0 Å². The van der Waals surface area contributed by atoms with E-state index in [4.69, 9.17) is 4.74 Å². The molecule has 21 heavy (non-hydrogen) atoms. The van der Waals surface area contributed by atoms with E-state index in [9.17, 15) is 0 Å². The molecule has 1 aromatic heterocycles. The maximum Gasteiger partial charge on any atom is 0.129 e. The Morgan fingerprint density at radius 2 is 2.29 bits per heavy atom. The molecule has 1 aliphatic rings. The Morgan fingerprint density at radius 1 is 1.48 bits per heavy atom. The summed E-state index contributed by atoms with van der Waals surface area (Å²) in [5, 5.41) is 3.49. The predicted molar refractivity (Wildman–Crippen MR) is 87.6 cm³/mol. The van der Waals surface area contributed by atoms with Gasteiger partial charge in [-0.2, -0.15) is 0 Å². The monoisotopic (exact) mass is 291 g/mol. The van der Waals surface area contributed by atoms with E-state index in [1.165, 1.54) is 5.56 Å². The Hall–Kier alpha value is -1.13. The summed E-state index contributed by atoms with van der Waals surface area (Å²) >= 11 is 0. The molecule has 0 saturated carbocycles. The minimum Gasteiger partial charge on any atom is -0.375 e. The van der Waals surface area contributed by atoms with Crippen LogP contribution in [0.2, 0.25) is 0 Å². The third kappa shape index (κ3) is 4.68. The van der Waals surface area contributed by atoms with Crippen molar-refractivity contribution in [3.05, 3.63) is 23.9 Å². The molecule has 1 N–H and O–H groups in total. The minimum absolute atomic E-state index is 0.275. The van der Waals surface area contributed by atoms with Crippen molar-refractivity contribution >= 4 is 5.82 Å². The third-order valence-electron chi connectivity index (χ3n) is 3.92. The second-order valence-electron chi connectivity index (χ2n) is 6.41. The lowest BCUT2D eigenvalue weighted by Gasteiger charge is -2.39. The fraction of sp³-hybridized carbons (Fsp3) is 0.706. The van der Waals surface area contributed by atoms with E-state index in [0.29, 0.717) is 12.0 Å². The van der Waals surface area contributed by atoms with Gasteiger partial charge in [0, 0.05) is 19.3 Å². The van der Waals surface area contributed by atoms with Crippen LogP contribution in [0.3, 0.4) is 0 Å². The fourth-order valence-electron chi connectivity index (χ4n) is 2.70. The van der Waals surface area contributed by atoms with Gasteiger partial charge in [-0.1, -0.05) is 20.8 Å². The second-order valence-corrected chi connectivity index (χ2v) is 6.41. The first-order valence-electron chi connectivity index (χ1n) is 8.14. The van der Waals surface area contributed by atoms with Crippen LogP contribution in [0, 0.1) is 5.92 Å². The van der Waals surface area contributed by atoms with Crippen LogP contribution >= 0.6 is 0 Å².